The quantitative estimate of drug-likeness (QED) is 0.751. The topological polar surface area (TPSA) is 37.3 Å². The Morgan fingerprint density at radius 2 is 2.00 bits per heavy atom. The second kappa shape index (κ2) is 4.92. The van der Waals surface area contributed by atoms with Crippen molar-refractivity contribution >= 4 is 17.5 Å². The van der Waals surface area contributed by atoms with Gasteiger partial charge in [-0.2, -0.15) is 11.8 Å². The number of thioether (sulfide) groups is 1. The smallest absolute Gasteiger partial charge is 0.172 e. The predicted octanol–water partition coefficient (Wildman–Crippen LogP) is 2.33. The number of phenols is 1. The van der Waals surface area contributed by atoms with Crippen LogP contribution in [0, 0.1) is 0 Å². The fraction of sp³-hybridized carbons (Fsp3) is 0.300. The molecule has 0 saturated carbocycles. The van der Waals surface area contributed by atoms with E-state index in [0.717, 1.165) is 5.75 Å². The van der Waals surface area contributed by atoms with E-state index in [4.69, 9.17) is 5.11 Å². The molecule has 0 atom stereocenters. The van der Waals surface area contributed by atoms with Crippen LogP contribution in [0.3, 0.4) is 0 Å². The van der Waals surface area contributed by atoms with Crippen LogP contribution in [0.4, 0.5) is 0 Å². The fourth-order valence-electron chi connectivity index (χ4n) is 0.925. The van der Waals surface area contributed by atoms with Crippen LogP contribution >= 0.6 is 11.8 Å². The Balaban J connectivity index is 2.61. The predicted molar refractivity (Wildman–Crippen MR) is 55.4 cm³/mol. The van der Waals surface area contributed by atoms with E-state index in [1.165, 1.54) is 12.1 Å². The van der Waals surface area contributed by atoms with Crippen LogP contribution < -0.4 is 0 Å². The van der Waals surface area contributed by atoms with E-state index in [2.05, 4.69) is 0 Å². The summed E-state index contributed by atoms with van der Waals surface area (Å²) < 4.78 is 0. The number of phenolic OH excluding ortho intramolecular Hbond substituents is 1. The van der Waals surface area contributed by atoms with Crippen molar-refractivity contribution in [2.24, 2.45) is 0 Å². The summed E-state index contributed by atoms with van der Waals surface area (Å²) in [5.41, 5.74) is 0.666. The molecular weight excluding hydrogens is 184 g/mol. The minimum absolute atomic E-state index is 0.117. The third-order valence-corrected chi connectivity index (χ3v) is 2.50. The number of hydrogen-bond donors (Lipinski definition) is 1. The number of carbonyl (C=O) groups excluding carboxylic acids is 1. The summed E-state index contributed by atoms with van der Waals surface area (Å²) in [6.45, 7) is 2.02. The normalized spacial score (nSPS) is 9.92. The largest absolute Gasteiger partial charge is 0.508 e. The average molecular weight is 196 g/mol. The zero-order chi connectivity index (χ0) is 9.68. The van der Waals surface area contributed by atoms with E-state index in [9.17, 15) is 4.79 Å². The first-order chi connectivity index (χ1) is 6.24. The van der Waals surface area contributed by atoms with Crippen LogP contribution in [0.15, 0.2) is 24.3 Å². The SMILES string of the molecule is CCSCC(=O)c1ccc(O)cc1. The van der Waals surface area contributed by atoms with Gasteiger partial charge in [0, 0.05) is 5.56 Å². The first-order valence-corrected chi connectivity index (χ1v) is 5.29. The Morgan fingerprint density at radius 1 is 1.38 bits per heavy atom. The molecule has 0 aliphatic heterocycles. The molecule has 0 bridgehead atoms. The molecular formula is C10H12O2S. The maximum Gasteiger partial charge on any atom is 0.172 e. The van der Waals surface area contributed by atoms with E-state index in [0.29, 0.717) is 11.3 Å². The minimum atomic E-state index is 0.117. The number of rotatable bonds is 4. The molecule has 0 aliphatic carbocycles. The Bertz CT molecular complexity index is 279. The standard InChI is InChI=1S/C10H12O2S/c1-2-13-7-10(12)8-3-5-9(11)6-4-8/h3-6,11H,2,7H2,1H3. The maximum atomic E-state index is 11.4. The number of aromatic hydroxyl groups is 1. The molecule has 1 rings (SSSR count). The highest BCUT2D eigenvalue weighted by Crippen LogP contribution is 2.12. The van der Waals surface area contributed by atoms with Gasteiger partial charge in [-0.3, -0.25) is 4.79 Å². The molecule has 0 aromatic heterocycles. The Labute approximate surface area is 82.0 Å². The summed E-state index contributed by atoms with van der Waals surface area (Å²) >= 11 is 1.60. The second-order valence-electron chi connectivity index (χ2n) is 2.61. The van der Waals surface area contributed by atoms with Crippen LogP contribution in [0.5, 0.6) is 5.75 Å². The lowest BCUT2D eigenvalue weighted by Crippen LogP contribution is -2.01. The van der Waals surface area contributed by atoms with Crippen LogP contribution in [-0.4, -0.2) is 22.4 Å². The van der Waals surface area contributed by atoms with Crippen LogP contribution in [0.1, 0.15) is 17.3 Å². The molecule has 0 spiro atoms. The van der Waals surface area contributed by atoms with Crippen LogP contribution in [-0.2, 0) is 0 Å². The van der Waals surface area contributed by atoms with Crippen LogP contribution in [0.2, 0.25) is 0 Å². The fourth-order valence-corrected chi connectivity index (χ4v) is 1.48. The first kappa shape index (κ1) is 10.1. The molecule has 0 aliphatic rings. The van der Waals surface area contributed by atoms with E-state index in [1.807, 2.05) is 6.92 Å². The summed E-state index contributed by atoms with van der Waals surface area (Å²) in [5.74, 6) is 1.78. The monoisotopic (exact) mass is 196 g/mol. The number of hydrogen-bond acceptors (Lipinski definition) is 3. The van der Waals surface area contributed by atoms with Gasteiger partial charge in [-0.25, -0.2) is 0 Å². The van der Waals surface area contributed by atoms with Gasteiger partial charge in [-0.1, -0.05) is 6.92 Å². The molecule has 1 aromatic carbocycles. The van der Waals surface area contributed by atoms with Crippen molar-refractivity contribution < 1.29 is 9.90 Å². The molecule has 13 heavy (non-hydrogen) atoms. The highest BCUT2D eigenvalue weighted by Gasteiger charge is 2.04. The summed E-state index contributed by atoms with van der Waals surface area (Å²) in [6, 6.07) is 6.36. The third kappa shape index (κ3) is 3.11. The molecule has 3 heteroatoms. The lowest BCUT2D eigenvalue weighted by Gasteiger charge is -1.99. The third-order valence-electron chi connectivity index (χ3n) is 1.63. The molecule has 1 N–H and O–H groups in total. The van der Waals surface area contributed by atoms with Gasteiger partial charge < -0.3 is 5.11 Å². The first-order valence-electron chi connectivity index (χ1n) is 4.14. The van der Waals surface area contributed by atoms with E-state index in [-0.39, 0.29) is 11.5 Å². The zero-order valence-electron chi connectivity index (χ0n) is 7.49. The highest BCUT2D eigenvalue weighted by atomic mass is 32.2. The van der Waals surface area contributed by atoms with Crippen molar-refractivity contribution in [3.05, 3.63) is 29.8 Å². The number of Topliss-reactive ketones (excluding diaryl/α,β-unsaturated/α-hetero) is 1. The summed E-state index contributed by atoms with van der Waals surface area (Å²) in [5, 5.41) is 9.00. The molecule has 0 heterocycles. The number of benzene rings is 1. The summed E-state index contributed by atoms with van der Waals surface area (Å²) in [6.07, 6.45) is 0. The van der Waals surface area contributed by atoms with Gasteiger partial charge in [0.25, 0.3) is 0 Å². The van der Waals surface area contributed by atoms with Crippen molar-refractivity contribution in [1.82, 2.24) is 0 Å². The van der Waals surface area contributed by atoms with Gasteiger partial charge >= 0.3 is 0 Å². The highest BCUT2D eigenvalue weighted by molar-refractivity contribution is 7.99. The lowest BCUT2D eigenvalue weighted by molar-refractivity contribution is 0.102. The van der Waals surface area contributed by atoms with Crippen molar-refractivity contribution in [1.29, 1.82) is 0 Å². The van der Waals surface area contributed by atoms with Gasteiger partial charge in [0.1, 0.15) is 5.75 Å². The molecule has 1 aromatic rings. The average Bonchev–Trinajstić information content (AvgIpc) is 2.15. The molecule has 0 radical (unpaired) electrons. The minimum Gasteiger partial charge on any atom is -0.508 e. The van der Waals surface area contributed by atoms with E-state index >= 15 is 0 Å². The summed E-state index contributed by atoms with van der Waals surface area (Å²) in [4.78, 5) is 11.4. The van der Waals surface area contributed by atoms with Gasteiger partial charge in [0.15, 0.2) is 5.78 Å². The van der Waals surface area contributed by atoms with Crippen molar-refractivity contribution in [3.8, 4) is 5.75 Å². The Hall–Kier alpha value is -0.960. The Kier molecular flexibility index (Phi) is 3.83. The van der Waals surface area contributed by atoms with Crippen molar-refractivity contribution in [2.75, 3.05) is 11.5 Å². The van der Waals surface area contributed by atoms with Gasteiger partial charge in [0.05, 0.1) is 5.75 Å². The van der Waals surface area contributed by atoms with Crippen LogP contribution in [0.25, 0.3) is 0 Å². The van der Waals surface area contributed by atoms with E-state index < -0.39 is 0 Å². The molecule has 0 amide bonds. The van der Waals surface area contributed by atoms with Crippen molar-refractivity contribution in [3.63, 3.8) is 0 Å². The summed E-state index contributed by atoms with van der Waals surface area (Å²) in [7, 11) is 0. The molecule has 70 valence electrons. The molecule has 2 nitrogen and oxygen atoms in total. The number of carbonyl (C=O) groups is 1. The van der Waals surface area contributed by atoms with E-state index in [1.54, 1.807) is 23.9 Å². The van der Waals surface area contributed by atoms with Gasteiger partial charge in [-0.05, 0) is 30.0 Å². The molecule has 0 saturated heterocycles. The lowest BCUT2D eigenvalue weighted by atomic mass is 10.1. The molecule has 0 fully saturated rings. The number of ketones is 1. The maximum absolute atomic E-state index is 11.4. The van der Waals surface area contributed by atoms with Gasteiger partial charge in [-0.15, -0.1) is 0 Å². The second-order valence-corrected chi connectivity index (χ2v) is 3.88. The molecule has 0 unspecified atom stereocenters. The van der Waals surface area contributed by atoms with Crippen molar-refractivity contribution in [2.45, 2.75) is 6.92 Å². The van der Waals surface area contributed by atoms with Gasteiger partial charge in [0.2, 0.25) is 0 Å². The Morgan fingerprint density at radius 3 is 2.54 bits per heavy atom. The zero-order valence-corrected chi connectivity index (χ0v) is 8.30.